The Morgan fingerprint density at radius 1 is 1.56 bits per heavy atom. The minimum atomic E-state index is 0.0271. The van der Waals surface area contributed by atoms with E-state index in [0.29, 0.717) is 12.5 Å². The highest BCUT2D eigenvalue weighted by molar-refractivity contribution is 5.74. The van der Waals surface area contributed by atoms with Crippen LogP contribution in [0, 0.1) is 5.92 Å². The summed E-state index contributed by atoms with van der Waals surface area (Å²) in [6, 6.07) is 0.282. The first-order chi connectivity index (χ1) is 7.61. The van der Waals surface area contributed by atoms with Gasteiger partial charge in [-0.1, -0.05) is 13.8 Å². The number of amides is 2. The van der Waals surface area contributed by atoms with Gasteiger partial charge in [-0.2, -0.15) is 0 Å². The Balaban J connectivity index is 2.13. The Morgan fingerprint density at radius 2 is 2.31 bits per heavy atom. The number of carbonyl (C=O) groups excluding carboxylic acids is 1. The van der Waals surface area contributed by atoms with Crippen molar-refractivity contribution in [3.05, 3.63) is 0 Å². The van der Waals surface area contributed by atoms with E-state index in [-0.39, 0.29) is 12.1 Å². The predicted molar refractivity (Wildman–Crippen MR) is 64.5 cm³/mol. The minimum Gasteiger partial charge on any atom is -0.379 e. The van der Waals surface area contributed by atoms with Gasteiger partial charge in [-0.25, -0.2) is 4.79 Å². The van der Waals surface area contributed by atoms with Crippen molar-refractivity contribution in [3.63, 3.8) is 0 Å². The average molecular weight is 228 g/mol. The van der Waals surface area contributed by atoms with Crippen LogP contribution in [0.1, 0.15) is 33.1 Å². The van der Waals surface area contributed by atoms with E-state index in [0.717, 1.165) is 32.4 Å². The smallest absolute Gasteiger partial charge is 0.317 e. The largest absolute Gasteiger partial charge is 0.379 e. The molecule has 1 rings (SSSR count). The fourth-order valence-corrected chi connectivity index (χ4v) is 1.82. The molecular formula is C12H24N2O2. The maximum atomic E-state index is 11.7. The van der Waals surface area contributed by atoms with Crippen LogP contribution in [0.15, 0.2) is 0 Å². The zero-order chi connectivity index (χ0) is 12.0. The summed E-state index contributed by atoms with van der Waals surface area (Å²) in [6.45, 7) is 6.62. The third kappa shape index (κ3) is 4.39. The van der Waals surface area contributed by atoms with E-state index in [1.807, 2.05) is 7.05 Å². The van der Waals surface area contributed by atoms with Gasteiger partial charge in [0.15, 0.2) is 0 Å². The molecule has 4 nitrogen and oxygen atoms in total. The van der Waals surface area contributed by atoms with Gasteiger partial charge in [-0.3, -0.25) is 0 Å². The first kappa shape index (κ1) is 13.3. The molecule has 0 bridgehead atoms. The third-order valence-electron chi connectivity index (χ3n) is 3.01. The second kappa shape index (κ2) is 6.74. The number of nitrogens with zero attached hydrogens (tertiary/aromatic N) is 1. The molecule has 1 saturated heterocycles. The molecule has 0 aromatic carbocycles. The number of likely N-dealkylation sites (N-methyl/N-ethyl adjacent to an activating group) is 1. The molecule has 0 spiro atoms. The Morgan fingerprint density at radius 3 is 2.88 bits per heavy atom. The van der Waals surface area contributed by atoms with Crippen molar-refractivity contribution in [2.24, 2.45) is 5.92 Å². The molecule has 0 aliphatic carbocycles. The first-order valence-electron chi connectivity index (χ1n) is 6.19. The zero-order valence-corrected chi connectivity index (χ0v) is 10.7. The summed E-state index contributed by atoms with van der Waals surface area (Å²) in [5.41, 5.74) is 0. The number of hydrogen-bond acceptors (Lipinski definition) is 2. The molecule has 0 aromatic heterocycles. The van der Waals surface area contributed by atoms with Crippen LogP contribution < -0.4 is 5.32 Å². The SMILES string of the molecule is CC(C)CCCNC(=O)N(C)C1CCOC1. The van der Waals surface area contributed by atoms with E-state index in [9.17, 15) is 4.79 Å². The summed E-state index contributed by atoms with van der Waals surface area (Å²) in [4.78, 5) is 13.5. The molecular weight excluding hydrogens is 204 g/mol. The molecule has 1 fully saturated rings. The predicted octanol–water partition coefficient (Wildman–Crippen LogP) is 1.85. The lowest BCUT2D eigenvalue weighted by Gasteiger charge is -2.23. The van der Waals surface area contributed by atoms with Gasteiger partial charge in [0.25, 0.3) is 0 Å². The number of hydrogen-bond donors (Lipinski definition) is 1. The number of carbonyl (C=O) groups is 1. The van der Waals surface area contributed by atoms with Crippen molar-refractivity contribution in [2.75, 3.05) is 26.8 Å². The quantitative estimate of drug-likeness (QED) is 0.730. The lowest BCUT2D eigenvalue weighted by Crippen LogP contribution is -2.44. The van der Waals surface area contributed by atoms with E-state index < -0.39 is 0 Å². The van der Waals surface area contributed by atoms with Gasteiger partial charge in [-0.05, 0) is 25.2 Å². The Labute approximate surface area is 98.3 Å². The molecule has 1 atom stereocenters. The molecule has 1 heterocycles. The topological polar surface area (TPSA) is 41.6 Å². The van der Waals surface area contributed by atoms with Crippen LogP contribution in [-0.2, 0) is 4.74 Å². The highest BCUT2D eigenvalue weighted by Gasteiger charge is 2.23. The summed E-state index contributed by atoms with van der Waals surface area (Å²) in [7, 11) is 1.84. The number of nitrogens with one attached hydrogen (secondary N) is 1. The standard InChI is InChI=1S/C12H24N2O2/c1-10(2)5-4-7-13-12(15)14(3)11-6-8-16-9-11/h10-11H,4-9H2,1-3H3,(H,13,15). The van der Waals surface area contributed by atoms with Crippen LogP contribution in [-0.4, -0.2) is 43.8 Å². The summed E-state index contributed by atoms with van der Waals surface area (Å²) in [5.74, 6) is 0.706. The first-order valence-corrected chi connectivity index (χ1v) is 6.19. The van der Waals surface area contributed by atoms with Crippen LogP contribution in [0.3, 0.4) is 0 Å². The second-order valence-electron chi connectivity index (χ2n) is 4.90. The Kier molecular flexibility index (Phi) is 5.60. The van der Waals surface area contributed by atoms with Crippen molar-refractivity contribution < 1.29 is 9.53 Å². The van der Waals surface area contributed by atoms with Crippen LogP contribution in [0.2, 0.25) is 0 Å². The van der Waals surface area contributed by atoms with Crippen molar-refractivity contribution in [2.45, 2.75) is 39.2 Å². The number of ether oxygens (including phenoxy) is 1. The van der Waals surface area contributed by atoms with Crippen LogP contribution in [0.25, 0.3) is 0 Å². The van der Waals surface area contributed by atoms with Crippen LogP contribution >= 0.6 is 0 Å². The molecule has 1 aliphatic heterocycles. The molecule has 2 amide bonds. The van der Waals surface area contributed by atoms with Gasteiger partial charge in [-0.15, -0.1) is 0 Å². The van der Waals surface area contributed by atoms with Crippen molar-refractivity contribution in [1.29, 1.82) is 0 Å². The number of rotatable bonds is 5. The zero-order valence-electron chi connectivity index (χ0n) is 10.7. The maximum absolute atomic E-state index is 11.7. The molecule has 0 aromatic rings. The van der Waals surface area contributed by atoms with Gasteiger partial charge in [0.2, 0.25) is 0 Å². The van der Waals surface area contributed by atoms with E-state index in [2.05, 4.69) is 19.2 Å². The number of urea groups is 1. The van der Waals surface area contributed by atoms with Crippen molar-refractivity contribution in [1.82, 2.24) is 10.2 Å². The molecule has 0 saturated carbocycles. The minimum absolute atomic E-state index is 0.0271. The molecule has 0 radical (unpaired) electrons. The second-order valence-corrected chi connectivity index (χ2v) is 4.90. The lowest BCUT2D eigenvalue weighted by atomic mass is 10.1. The van der Waals surface area contributed by atoms with Crippen LogP contribution in [0.4, 0.5) is 4.79 Å². The van der Waals surface area contributed by atoms with Gasteiger partial charge in [0.1, 0.15) is 0 Å². The van der Waals surface area contributed by atoms with Gasteiger partial charge < -0.3 is 15.0 Å². The normalized spacial score (nSPS) is 20.1. The Bertz CT molecular complexity index is 213. The highest BCUT2D eigenvalue weighted by Crippen LogP contribution is 2.10. The lowest BCUT2D eigenvalue weighted by molar-refractivity contribution is 0.158. The monoisotopic (exact) mass is 228 g/mol. The summed E-state index contributed by atoms with van der Waals surface area (Å²) < 4.78 is 5.26. The van der Waals surface area contributed by atoms with E-state index in [1.54, 1.807) is 4.90 Å². The van der Waals surface area contributed by atoms with Crippen molar-refractivity contribution in [3.8, 4) is 0 Å². The maximum Gasteiger partial charge on any atom is 0.317 e. The van der Waals surface area contributed by atoms with E-state index in [1.165, 1.54) is 0 Å². The van der Waals surface area contributed by atoms with E-state index >= 15 is 0 Å². The van der Waals surface area contributed by atoms with Crippen LogP contribution in [0.5, 0.6) is 0 Å². The van der Waals surface area contributed by atoms with Gasteiger partial charge in [0, 0.05) is 20.2 Å². The summed E-state index contributed by atoms with van der Waals surface area (Å²) in [6.07, 6.45) is 3.17. The highest BCUT2D eigenvalue weighted by atomic mass is 16.5. The van der Waals surface area contributed by atoms with Crippen molar-refractivity contribution >= 4 is 6.03 Å². The summed E-state index contributed by atoms with van der Waals surface area (Å²) in [5, 5.41) is 2.95. The average Bonchev–Trinajstić information content (AvgIpc) is 2.76. The molecule has 1 N–H and O–H groups in total. The Hall–Kier alpha value is -0.770. The fourth-order valence-electron chi connectivity index (χ4n) is 1.82. The van der Waals surface area contributed by atoms with Gasteiger partial charge in [0.05, 0.1) is 12.6 Å². The third-order valence-corrected chi connectivity index (χ3v) is 3.01. The van der Waals surface area contributed by atoms with Gasteiger partial charge >= 0.3 is 6.03 Å². The molecule has 1 unspecified atom stereocenters. The van der Waals surface area contributed by atoms with E-state index in [4.69, 9.17) is 4.74 Å². The molecule has 1 aliphatic rings. The fraction of sp³-hybridized carbons (Fsp3) is 0.917. The molecule has 16 heavy (non-hydrogen) atoms. The molecule has 94 valence electrons. The molecule has 4 heteroatoms. The summed E-state index contributed by atoms with van der Waals surface area (Å²) >= 11 is 0.